The van der Waals surface area contributed by atoms with Crippen molar-refractivity contribution in [3.05, 3.63) is 103 Å². The maximum atomic E-state index is 12.3. The van der Waals surface area contributed by atoms with Crippen molar-refractivity contribution in [2.24, 2.45) is 0 Å². The Kier molecular flexibility index (Phi) is 8.19. The molecule has 0 unspecified atom stereocenters. The summed E-state index contributed by atoms with van der Waals surface area (Å²) in [7, 11) is 0. The van der Waals surface area contributed by atoms with Gasteiger partial charge in [-0.25, -0.2) is 0 Å². The van der Waals surface area contributed by atoms with E-state index in [1.807, 2.05) is 13.8 Å². The first kappa shape index (κ1) is 25.1. The number of aryl methyl sites for hydroxylation is 2. The Hall–Kier alpha value is -3.50. The van der Waals surface area contributed by atoms with Crippen LogP contribution >= 0.6 is 31.9 Å². The first-order chi connectivity index (χ1) is 16.2. The van der Waals surface area contributed by atoms with Gasteiger partial charge in [-0.1, -0.05) is 44.0 Å². The van der Waals surface area contributed by atoms with E-state index in [1.165, 1.54) is 24.3 Å². The van der Waals surface area contributed by atoms with Crippen LogP contribution in [-0.2, 0) is 0 Å². The summed E-state index contributed by atoms with van der Waals surface area (Å²) < 4.78 is 1.56. The minimum atomic E-state index is -0.551. The first-order valence-electron chi connectivity index (χ1n) is 9.99. The number of hydrogen-bond donors (Lipinski definition) is 4. The number of carbonyl (C=O) groups is 4. The second-order valence-corrected chi connectivity index (χ2v) is 9.03. The van der Waals surface area contributed by atoms with Crippen molar-refractivity contribution in [3.63, 3.8) is 0 Å². The number of halogens is 2. The summed E-state index contributed by atoms with van der Waals surface area (Å²) in [6.45, 7) is 3.79. The molecule has 0 bridgehead atoms. The maximum Gasteiger partial charge on any atom is 0.269 e. The largest absolute Gasteiger partial charge is 0.269 e. The monoisotopic (exact) mass is 586 g/mol. The summed E-state index contributed by atoms with van der Waals surface area (Å²) in [5.41, 5.74) is 12.5. The van der Waals surface area contributed by atoms with Gasteiger partial charge in [-0.15, -0.1) is 0 Å². The molecule has 0 aliphatic rings. The van der Waals surface area contributed by atoms with Gasteiger partial charge < -0.3 is 0 Å². The molecule has 0 saturated carbocycles. The molecule has 4 N–H and O–H groups in total. The Labute approximate surface area is 212 Å². The summed E-state index contributed by atoms with van der Waals surface area (Å²) in [5, 5.41) is 0. The second kappa shape index (κ2) is 11.1. The topological polar surface area (TPSA) is 116 Å². The van der Waals surface area contributed by atoms with Crippen LogP contribution in [0.1, 0.15) is 52.6 Å². The summed E-state index contributed by atoms with van der Waals surface area (Å²) >= 11 is 6.72. The Morgan fingerprint density at radius 3 is 1.06 bits per heavy atom. The lowest BCUT2D eigenvalue weighted by Gasteiger charge is -2.10. The average molecular weight is 588 g/mol. The number of hydrazine groups is 2. The van der Waals surface area contributed by atoms with Crippen molar-refractivity contribution in [2.75, 3.05) is 0 Å². The van der Waals surface area contributed by atoms with Gasteiger partial charge in [0.1, 0.15) is 0 Å². The van der Waals surface area contributed by atoms with Crippen molar-refractivity contribution in [1.82, 2.24) is 21.7 Å². The molecule has 34 heavy (non-hydrogen) atoms. The highest BCUT2D eigenvalue weighted by Crippen LogP contribution is 2.18. The Morgan fingerprint density at radius 1 is 0.500 bits per heavy atom. The van der Waals surface area contributed by atoms with Crippen LogP contribution in [0.25, 0.3) is 0 Å². The minimum absolute atomic E-state index is 0.232. The van der Waals surface area contributed by atoms with Gasteiger partial charge in [0, 0.05) is 31.2 Å². The molecule has 0 atom stereocenters. The van der Waals surface area contributed by atoms with Crippen LogP contribution in [0.2, 0.25) is 0 Å². The van der Waals surface area contributed by atoms with Crippen molar-refractivity contribution in [3.8, 4) is 0 Å². The van der Waals surface area contributed by atoms with Crippen LogP contribution in [0.5, 0.6) is 0 Å². The standard InChI is InChI=1S/C24H20Br2N4O4/c1-13-3-5-17(11-19(13)25)23(33)29-27-21(31)15-7-9-16(10-8-15)22(32)28-30-24(34)18-6-4-14(2)20(26)12-18/h3-12H,1-2H3,(H,27,31)(H,28,32)(H,29,33)(H,30,34). The third-order valence-corrected chi connectivity index (χ3v) is 6.57. The highest BCUT2D eigenvalue weighted by molar-refractivity contribution is 9.10. The Bertz CT molecular complexity index is 1180. The van der Waals surface area contributed by atoms with Crippen LogP contribution in [0.15, 0.2) is 69.6 Å². The second-order valence-electron chi connectivity index (χ2n) is 7.32. The van der Waals surface area contributed by atoms with Crippen LogP contribution in [-0.4, -0.2) is 23.6 Å². The molecular formula is C24H20Br2N4O4. The lowest BCUT2D eigenvalue weighted by Crippen LogP contribution is -2.42. The summed E-state index contributed by atoms with van der Waals surface area (Å²) in [6, 6.07) is 15.9. The van der Waals surface area contributed by atoms with Gasteiger partial charge >= 0.3 is 0 Å². The van der Waals surface area contributed by atoms with Gasteiger partial charge in [0.05, 0.1) is 0 Å². The molecule has 0 aliphatic heterocycles. The van der Waals surface area contributed by atoms with Crippen molar-refractivity contribution < 1.29 is 19.2 Å². The molecular weight excluding hydrogens is 568 g/mol. The number of nitrogens with one attached hydrogen (secondary N) is 4. The van der Waals surface area contributed by atoms with E-state index in [9.17, 15) is 19.2 Å². The van der Waals surface area contributed by atoms with Crippen molar-refractivity contribution >= 4 is 55.5 Å². The SMILES string of the molecule is Cc1ccc(C(=O)NNC(=O)c2ccc(C(=O)NNC(=O)c3ccc(C)c(Br)c3)cc2)cc1Br. The van der Waals surface area contributed by atoms with Crippen LogP contribution in [0.3, 0.4) is 0 Å². The highest BCUT2D eigenvalue weighted by atomic mass is 79.9. The van der Waals surface area contributed by atoms with Crippen LogP contribution < -0.4 is 21.7 Å². The zero-order valence-electron chi connectivity index (χ0n) is 18.2. The molecule has 3 aromatic rings. The van der Waals surface area contributed by atoms with Gasteiger partial charge in [0.25, 0.3) is 23.6 Å². The fourth-order valence-corrected chi connectivity index (χ4v) is 3.51. The molecule has 0 aliphatic carbocycles. The van der Waals surface area contributed by atoms with E-state index in [0.29, 0.717) is 11.1 Å². The lowest BCUT2D eigenvalue weighted by atomic mass is 10.1. The van der Waals surface area contributed by atoms with Crippen LogP contribution in [0, 0.1) is 13.8 Å². The van der Waals surface area contributed by atoms with Gasteiger partial charge in [-0.05, 0) is 73.5 Å². The summed E-state index contributed by atoms with van der Waals surface area (Å²) in [6.07, 6.45) is 0. The fourth-order valence-electron chi connectivity index (χ4n) is 2.76. The Balaban J connectivity index is 1.53. The number of carbonyl (C=O) groups excluding carboxylic acids is 4. The average Bonchev–Trinajstić information content (AvgIpc) is 2.84. The highest BCUT2D eigenvalue weighted by Gasteiger charge is 2.13. The third kappa shape index (κ3) is 6.30. The fraction of sp³-hybridized carbons (Fsp3) is 0.0833. The van der Waals surface area contributed by atoms with Gasteiger partial charge in [-0.2, -0.15) is 0 Å². The smallest absolute Gasteiger partial charge is 0.267 e. The molecule has 3 rings (SSSR count). The molecule has 3 aromatic carbocycles. The van der Waals surface area contributed by atoms with E-state index < -0.39 is 23.6 Å². The number of amides is 4. The molecule has 0 saturated heterocycles. The van der Waals surface area contributed by atoms with E-state index in [0.717, 1.165) is 20.1 Å². The molecule has 0 radical (unpaired) electrons. The normalized spacial score (nSPS) is 10.2. The summed E-state index contributed by atoms with van der Waals surface area (Å²) in [4.78, 5) is 49.0. The zero-order valence-corrected chi connectivity index (χ0v) is 21.3. The molecule has 10 heteroatoms. The third-order valence-electron chi connectivity index (χ3n) is 4.86. The number of rotatable bonds is 4. The van der Waals surface area contributed by atoms with Gasteiger partial charge in [-0.3, -0.25) is 40.9 Å². The summed E-state index contributed by atoms with van der Waals surface area (Å²) in [5.74, 6) is -2.04. The molecule has 4 amide bonds. The van der Waals surface area contributed by atoms with Crippen LogP contribution in [0.4, 0.5) is 0 Å². The molecule has 0 fully saturated rings. The predicted octanol–water partition coefficient (Wildman–Crippen LogP) is 3.98. The number of benzene rings is 3. The predicted molar refractivity (Wildman–Crippen MR) is 134 cm³/mol. The van der Waals surface area contributed by atoms with Crippen molar-refractivity contribution in [1.29, 1.82) is 0 Å². The van der Waals surface area contributed by atoms with E-state index in [-0.39, 0.29) is 11.1 Å². The van der Waals surface area contributed by atoms with Crippen molar-refractivity contribution in [2.45, 2.75) is 13.8 Å². The van der Waals surface area contributed by atoms with Gasteiger partial charge in [0.15, 0.2) is 0 Å². The zero-order chi connectivity index (χ0) is 24.8. The van der Waals surface area contributed by atoms with E-state index in [1.54, 1.807) is 36.4 Å². The lowest BCUT2D eigenvalue weighted by molar-refractivity contribution is 0.0844. The van der Waals surface area contributed by atoms with E-state index in [2.05, 4.69) is 53.6 Å². The van der Waals surface area contributed by atoms with E-state index >= 15 is 0 Å². The molecule has 8 nitrogen and oxygen atoms in total. The minimum Gasteiger partial charge on any atom is -0.267 e. The molecule has 0 heterocycles. The Morgan fingerprint density at radius 2 is 0.765 bits per heavy atom. The quantitative estimate of drug-likeness (QED) is 0.346. The van der Waals surface area contributed by atoms with Gasteiger partial charge in [0.2, 0.25) is 0 Å². The molecule has 174 valence electrons. The number of hydrogen-bond acceptors (Lipinski definition) is 4. The molecule has 0 aromatic heterocycles. The first-order valence-corrected chi connectivity index (χ1v) is 11.6. The molecule has 0 spiro atoms. The maximum absolute atomic E-state index is 12.3. The van der Waals surface area contributed by atoms with E-state index in [4.69, 9.17) is 0 Å².